The molecular weight excluding hydrogens is 235 g/mol. The van der Waals surface area contributed by atoms with E-state index in [1.807, 2.05) is 0 Å². The summed E-state index contributed by atoms with van der Waals surface area (Å²) in [4.78, 5) is 0. The van der Waals surface area contributed by atoms with Gasteiger partial charge >= 0.3 is 91.5 Å². The number of hydrogen-bond donors (Lipinski definition) is 0. The van der Waals surface area contributed by atoms with Crippen LogP contribution in [0.15, 0.2) is 24.3 Å². The van der Waals surface area contributed by atoms with Gasteiger partial charge in [0.05, 0.1) is 0 Å². The topological polar surface area (TPSA) is 0 Å². The Hall–Kier alpha value is -0.521. The fraction of sp³-hybridized carbons (Fsp3) is 0.385. The third kappa shape index (κ3) is 1.55. The van der Waals surface area contributed by atoms with Crippen LogP contribution < -0.4 is 0 Å². The summed E-state index contributed by atoms with van der Waals surface area (Å²) >= 11 is 0.554. The predicted molar refractivity (Wildman–Crippen MR) is 64.3 cm³/mol. The minimum atomic E-state index is 0.336. The van der Waals surface area contributed by atoms with Crippen molar-refractivity contribution in [3.8, 4) is 0 Å². The molecule has 0 aliphatic carbocycles. The Morgan fingerprint density at radius 3 is 2.29 bits per heavy atom. The van der Waals surface area contributed by atoms with Crippen LogP contribution >= 0.6 is 0 Å². The molecule has 0 N–H and O–H groups in total. The van der Waals surface area contributed by atoms with Crippen LogP contribution in [0.4, 0.5) is 0 Å². The van der Waals surface area contributed by atoms with Gasteiger partial charge in [0.15, 0.2) is 0 Å². The van der Waals surface area contributed by atoms with Gasteiger partial charge in [0.2, 0.25) is 0 Å². The molecule has 1 aromatic heterocycles. The first-order chi connectivity index (χ1) is 6.50. The molecule has 1 aromatic carbocycles. The number of hydrogen-bond acceptors (Lipinski definition) is 0. The normalized spacial score (nSPS) is 12.3. The van der Waals surface area contributed by atoms with Gasteiger partial charge in [0.25, 0.3) is 0 Å². The molecule has 0 aliphatic heterocycles. The maximum atomic E-state index is 2.32. The van der Waals surface area contributed by atoms with Crippen molar-refractivity contribution in [3.63, 3.8) is 0 Å². The number of aryl methyl sites for hydroxylation is 1. The monoisotopic (exact) mass is 252 g/mol. The standard InChI is InChI=1S/C13H16Se/c1-9-10-7-5-6-8-11(10)14-12(9)13(2,3)4/h5-8H,1-4H3. The fourth-order valence-corrected chi connectivity index (χ4v) is 4.55. The van der Waals surface area contributed by atoms with E-state index in [1.165, 1.54) is 10.9 Å². The maximum absolute atomic E-state index is 2.32. The summed E-state index contributed by atoms with van der Waals surface area (Å²) in [6, 6.07) is 8.83. The number of benzene rings is 1. The van der Waals surface area contributed by atoms with Gasteiger partial charge in [-0.05, 0) is 0 Å². The van der Waals surface area contributed by atoms with E-state index in [-0.39, 0.29) is 0 Å². The summed E-state index contributed by atoms with van der Waals surface area (Å²) in [7, 11) is 0. The molecule has 74 valence electrons. The molecule has 0 radical (unpaired) electrons. The SMILES string of the molecule is Cc1c(C(C)(C)C)[se]c2ccccc12. The summed E-state index contributed by atoms with van der Waals surface area (Å²) < 4.78 is 3.22. The van der Waals surface area contributed by atoms with Gasteiger partial charge in [-0.1, -0.05) is 0 Å². The molecule has 2 rings (SSSR count). The van der Waals surface area contributed by atoms with Gasteiger partial charge in [0.1, 0.15) is 0 Å². The van der Waals surface area contributed by atoms with E-state index in [0.717, 1.165) is 0 Å². The molecule has 1 heterocycles. The van der Waals surface area contributed by atoms with Crippen LogP contribution in [0.2, 0.25) is 0 Å². The fourth-order valence-electron chi connectivity index (χ4n) is 1.89. The molecule has 0 nitrogen and oxygen atoms in total. The van der Waals surface area contributed by atoms with Crippen LogP contribution in [-0.4, -0.2) is 14.5 Å². The van der Waals surface area contributed by atoms with Gasteiger partial charge in [-0.2, -0.15) is 0 Å². The van der Waals surface area contributed by atoms with Crippen LogP contribution in [0.5, 0.6) is 0 Å². The summed E-state index contributed by atoms with van der Waals surface area (Å²) in [5.74, 6) is 0. The molecule has 0 saturated heterocycles. The Balaban J connectivity index is 2.75. The molecule has 0 spiro atoms. The Morgan fingerprint density at radius 1 is 1.07 bits per heavy atom. The van der Waals surface area contributed by atoms with Gasteiger partial charge in [0, 0.05) is 0 Å². The molecule has 0 unspecified atom stereocenters. The van der Waals surface area contributed by atoms with Crippen molar-refractivity contribution in [2.75, 3.05) is 0 Å². The van der Waals surface area contributed by atoms with Crippen molar-refractivity contribution in [2.45, 2.75) is 33.1 Å². The van der Waals surface area contributed by atoms with Gasteiger partial charge in [-0.15, -0.1) is 0 Å². The second-order valence-corrected chi connectivity index (χ2v) is 7.01. The van der Waals surface area contributed by atoms with E-state index in [2.05, 4.69) is 52.0 Å². The Morgan fingerprint density at radius 2 is 1.71 bits per heavy atom. The predicted octanol–water partition coefficient (Wildman–Crippen LogP) is 3.50. The van der Waals surface area contributed by atoms with Gasteiger partial charge < -0.3 is 0 Å². The third-order valence-corrected chi connectivity index (χ3v) is 6.09. The summed E-state index contributed by atoms with van der Waals surface area (Å²) in [6.45, 7) is 9.23. The van der Waals surface area contributed by atoms with Crippen molar-refractivity contribution >= 4 is 24.1 Å². The van der Waals surface area contributed by atoms with E-state index in [1.54, 1.807) is 8.70 Å². The van der Waals surface area contributed by atoms with Crippen molar-refractivity contribution in [2.24, 2.45) is 0 Å². The molecule has 2 aromatic rings. The summed E-state index contributed by atoms with van der Waals surface area (Å²) in [5.41, 5.74) is 1.86. The van der Waals surface area contributed by atoms with E-state index >= 15 is 0 Å². The van der Waals surface area contributed by atoms with E-state index in [4.69, 9.17) is 0 Å². The average molecular weight is 251 g/mol. The second kappa shape index (κ2) is 3.25. The molecule has 0 fully saturated rings. The first-order valence-corrected chi connectivity index (χ1v) is 6.70. The molecule has 0 aliphatic rings. The van der Waals surface area contributed by atoms with Crippen LogP contribution in [0.1, 0.15) is 30.8 Å². The molecule has 0 amide bonds. The van der Waals surface area contributed by atoms with E-state index in [0.29, 0.717) is 19.9 Å². The average Bonchev–Trinajstić information content (AvgIpc) is 2.44. The van der Waals surface area contributed by atoms with Crippen LogP contribution in [0, 0.1) is 6.92 Å². The van der Waals surface area contributed by atoms with Gasteiger partial charge in [-0.25, -0.2) is 0 Å². The zero-order valence-electron chi connectivity index (χ0n) is 9.22. The summed E-state index contributed by atoms with van der Waals surface area (Å²) in [5, 5.41) is 1.48. The molecule has 0 bridgehead atoms. The second-order valence-electron chi connectivity index (χ2n) is 4.80. The molecule has 0 atom stereocenters. The van der Waals surface area contributed by atoms with Crippen LogP contribution in [0.25, 0.3) is 9.65 Å². The van der Waals surface area contributed by atoms with Gasteiger partial charge in [-0.3, -0.25) is 0 Å². The van der Waals surface area contributed by atoms with E-state index in [9.17, 15) is 0 Å². The number of rotatable bonds is 0. The van der Waals surface area contributed by atoms with Crippen LogP contribution in [0.3, 0.4) is 0 Å². The molecular formula is C13H16Se. The third-order valence-electron chi connectivity index (χ3n) is 2.52. The zero-order valence-corrected chi connectivity index (χ0v) is 10.9. The van der Waals surface area contributed by atoms with Crippen molar-refractivity contribution in [1.29, 1.82) is 0 Å². The molecule has 0 saturated carbocycles. The zero-order chi connectivity index (χ0) is 10.3. The molecule has 14 heavy (non-hydrogen) atoms. The first kappa shape index (κ1) is 10.0. The van der Waals surface area contributed by atoms with Crippen molar-refractivity contribution in [3.05, 3.63) is 34.3 Å². The number of fused-ring (bicyclic) bond motifs is 1. The Kier molecular flexibility index (Phi) is 2.33. The van der Waals surface area contributed by atoms with Crippen molar-refractivity contribution in [1.82, 2.24) is 0 Å². The van der Waals surface area contributed by atoms with Crippen LogP contribution in [-0.2, 0) is 5.41 Å². The van der Waals surface area contributed by atoms with Crippen molar-refractivity contribution < 1.29 is 0 Å². The van der Waals surface area contributed by atoms with E-state index < -0.39 is 0 Å². The Bertz CT molecular complexity index is 458. The first-order valence-electron chi connectivity index (χ1n) is 4.99. The Labute approximate surface area is 91.7 Å². The quantitative estimate of drug-likeness (QED) is 0.629. The summed E-state index contributed by atoms with van der Waals surface area (Å²) in [6.07, 6.45) is 0. The minimum absolute atomic E-state index is 0.336. The molecule has 1 heteroatoms.